The summed E-state index contributed by atoms with van der Waals surface area (Å²) in [5.41, 5.74) is 0. The quantitative estimate of drug-likeness (QED) is 0.718. The van der Waals surface area contributed by atoms with Crippen molar-refractivity contribution in [2.24, 2.45) is 5.92 Å². The summed E-state index contributed by atoms with van der Waals surface area (Å²) in [6.45, 7) is 4.05. The third-order valence-electron chi connectivity index (χ3n) is 3.29. The molecule has 2 rings (SSSR count). The van der Waals surface area contributed by atoms with Crippen LogP contribution in [0.5, 0.6) is 0 Å². The normalized spacial score (nSPS) is 33.4. The molecule has 1 N–H and O–H groups in total. The van der Waals surface area contributed by atoms with Crippen LogP contribution in [0.4, 0.5) is 4.79 Å². The van der Waals surface area contributed by atoms with Gasteiger partial charge in [-0.15, -0.1) is 0 Å². The van der Waals surface area contributed by atoms with Crippen LogP contribution in [0, 0.1) is 5.92 Å². The Balaban J connectivity index is 1.99. The standard InChI is InChI=1S/C11H16N2O4/c1-3-17-8-4-7(5-8)13-10(15)6(2)9(14)12-11(13)16/h6-8H,3-5H2,1-2H3,(H,12,14,16). The molecule has 0 bridgehead atoms. The first-order valence-corrected chi connectivity index (χ1v) is 5.84. The highest BCUT2D eigenvalue weighted by atomic mass is 16.5. The lowest BCUT2D eigenvalue weighted by atomic mass is 9.86. The van der Waals surface area contributed by atoms with Crippen LogP contribution in [0.1, 0.15) is 26.7 Å². The van der Waals surface area contributed by atoms with E-state index in [0.717, 1.165) is 0 Å². The Morgan fingerprint density at radius 3 is 2.59 bits per heavy atom. The van der Waals surface area contributed by atoms with Crippen LogP contribution in [-0.4, -0.2) is 41.5 Å². The van der Waals surface area contributed by atoms with Crippen molar-refractivity contribution in [1.29, 1.82) is 0 Å². The minimum absolute atomic E-state index is 0.124. The first kappa shape index (κ1) is 12.0. The number of rotatable bonds is 3. The third kappa shape index (κ3) is 2.04. The van der Waals surface area contributed by atoms with Gasteiger partial charge in [0.1, 0.15) is 5.92 Å². The molecule has 6 heteroatoms. The zero-order valence-corrected chi connectivity index (χ0v) is 9.93. The van der Waals surface area contributed by atoms with Crippen LogP contribution in [0.25, 0.3) is 0 Å². The number of nitrogens with one attached hydrogen (secondary N) is 1. The summed E-state index contributed by atoms with van der Waals surface area (Å²) in [6, 6.07) is -0.729. The third-order valence-corrected chi connectivity index (χ3v) is 3.29. The molecule has 1 saturated carbocycles. The second-order valence-electron chi connectivity index (χ2n) is 4.43. The molecule has 0 aromatic rings. The fourth-order valence-electron chi connectivity index (χ4n) is 2.16. The summed E-state index contributed by atoms with van der Waals surface area (Å²) >= 11 is 0. The van der Waals surface area contributed by atoms with Gasteiger partial charge < -0.3 is 4.74 Å². The zero-order chi connectivity index (χ0) is 12.6. The largest absolute Gasteiger partial charge is 0.378 e. The van der Waals surface area contributed by atoms with E-state index in [1.807, 2.05) is 6.92 Å². The van der Waals surface area contributed by atoms with Crippen molar-refractivity contribution in [1.82, 2.24) is 10.2 Å². The molecule has 17 heavy (non-hydrogen) atoms. The summed E-state index contributed by atoms with van der Waals surface area (Å²) in [5.74, 6) is -1.70. The summed E-state index contributed by atoms with van der Waals surface area (Å²) < 4.78 is 5.38. The van der Waals surface area contributed by atoms with E-state index >= 15 is 0 Å². The van der Waals surface area contributed by atoms with Crippen molar-refractivity contribution in [3.8, 4) is 0 Å². The molecule has 1 saturated heterocycles. The van der Waals surface area contributed by atoms with E-state index in [0.29, 0.717) is 19.4 Å². The average molecular weight is 240 g/mol. The molecule has 2 aliphatic rings. The number of amides is 4. The fraction of sp³-hybridized carbons (Fsp3) is 0.727. The molecule has 1 heterocycles. The maximum atomic E-state index is 11.8. The molecule has 0 aromatic heterocycles. The van der Waals surface area contributed by atoms with Crippen molar-refractivity contribution < 1.29 is 19.1 Å². The summed E-state index contributed by atoms with van der Waals surface area (Å²) in [5, 5.41) is 2.19. The van der Waals surface area contributed by atoms with Crippen molar-refractivity contribution in [3.05, 3.63) is 0 Å². The van der Waals surface area contributed by atoms with Gasteiger partial charge in [-0.2, -0.15) is 0 Å². The molecule has 1 aliphatic heterocycles. The summed E-state index contributed by atoms with van der Waals surface area (Å²) in [6.07, 6.45) is 1.44. The molecule has 6 nitrogen and oxygen atoms in total. The van der Waals surface area contributed by atoms with Gasteiger partial charge in [0.15, 0.2) is 0 Å². The van der Waals surface area contributed by atoms with Crippen molar-refractivity contribution in [2.75, 3.05) is 6.61 Å². The summed E-state index contributed by atoms with van der Waals surface area (Å²) in [4.78, 5) is 35.9. The Labute approximate surface area is 99.3 Å². The maximum absolute atomic E-state index is 11.8. The number of urea groups is 1. The Bertz CT molecular complexity index is 362. The van der Waals surface area contributed by atoms with Crippen LogP contribution in [0.3, 0.4) is 0 Å². The number of ether oxygens (including phenoxy) is 1. The Morgan fingerprint density at radius 1 is 1.35 bits per heavy atom. The molecule has 1 unspecified atom stereocenters. The smallest absolute Gasteiger partial charge is 0.331 e. The molecular weight excluding hydrogens is 224 g/mol. The second kappa shape index (κ2) is 4.44. The molecule has 1 atom stereocenters. The monoisotopic (exact) mass is 240 g/mol. The van der Waals surface area contributed by atoms with Crippen molar-refractivity contribution in [3.63, 3.8) is 0 Å². The van der Waals surface area contributed by atoms with Gasteiger partial charge in [0, 0.05) is 12.6 Å². The molecule has 4 amide bonds. The van der Waals surface area contributed by atoms with Crippen LogP contribution in [0.2, 0.25) is 0 Å². The molecular formula is C11H16N2O4. The molecule has 0 aromatic carbocycles. The minimum Gasteiger partial charge on any atom is -0.378 e. The van der Waals surface area contributed by atoms with Crippen LogP contribution >= 0.6 is 0 Å². The van der Waals surface area contributed by atoms with E-state index < -0.39 is 23.8 Å². The first-order chi connectivity index (χ1) is 8.04. The lowest BCUT2D eigenvalue weighted by Gasteiger charge is -2.43. The van der Waals surface area contributed by atoms with E-state index in [1.165, 1.54) is 11.8 Å². The highest BCUT2D eigenvalue weighted by Crippen LogP contribution is 2.30. The second-order valence-corrected chi connectivity index (χ2v) is 4.43. The Morgan fingerprint density at radius 2 is 2.00 bits per heavy atom. The predicted octanol–water partition coefficient (Wildman–Crippen LogP) is 0.268. The molecule has 1 aliphatic carbocycles. The minimum atomic E-state index is -0.779. The van der Waals surface area contributed by atoms with Crippen LogP contribution < -0.4 is 5.32 Å². The number of hydrogen-bond acceptors (Lipinski definition) is 4. The number of nitrogens with zero attached hydrogens (tertiary/aromatic N) is 1. The number of hydrogen-bond donors (Lipinski definition) is 1. The van der Waals surface area contributed by atoms with Gasteiger partial charge in [0.25, 0.3) is 0 Å². The highest BCUT2D eigenvalue weighted by Gasteiger charge is 2.45. The zero-order valence-electron chi connectivity index (χ0n) is 9.93. The number of carbonyl (C=O) groups is 3. The first-order valence-electron chi connectivity index (χ1n) is 5.84. The molecule has 0 radical (unpaired) electrons. The molecule has 0 spiro atoms. The van der Waals surface area contributed by atoms with E-state index in [-0.39, 0.29) is 12.1 Å². The number of imide groups is 2. The van der Waals surface area contributed by atoms with Gasteiger partial charge in [-0.3, -0.25) is 19.8 Å². The maximum Gasteiger partial charge on any atom is 0.331 e. The van der Waals surface area contributed by atoms with E-state index in [2.05, 4.69) is 5.32 Å². The average Bonchev–Trinajstić information content (AvgIpc) is 2.22. The van der Waals surface area contributed by atoms with Crippen LogP contribution in [-0.2, 0) is 14.3 Å². The molecule has 2 fully saturated rings. The van der Waals surface area contributed by atoms with E-state index in [1.54, 1.807) is 0 Å². The van der Waals surface area contributed by atoms with Gasteiger partial charge in [-0.05, 0) is 26.7 Å². The lowest BCUT2D eigenvalue weighted by Crippen LogP contribution is -2.63. The topological polar surface area (TPSA) is 75.7 Å². The summed E-state index contributed by atoms with van der Waals surface area (Å²) in [7, 11) is 0. The highest BCUT2D eigenvalue weighted by molar-refractivity contribution is 6.16. The van der Waals surface area contributed by atoms with Crippen molar-refractivity contribution >= 4 is 17.8 Å². The SMILES string of the molecule is CCOC1CC(N2C(=O)NC(=O)C(C)C2=O)C1. The van der Waals surface area contributed by atoms with Gasteiger partial charge in [-0.1, -0.05) is 0 Å². The Kier molecular flexibility index (Phi) is 3.15. The number of carbonyl (C=O) groups excluding carboxylic acids is 3. The fourth-order valence-corrected chi connectivity index (χ4v) is 2.16. The molecule has 94 valence electrons. The van der Waals surface area contributed by atoms with E-state index in [4.69, 9.17) is 4.74 Å². The lowest BCUT2D eigenvalue weighted by molar-refractivity contribution is -0.146. The van der Waals surface area contributed by atoms with E-state index in [9.17, 15) is 14.4 Å². The van der Waals surface area contributed by atoms with Gasteiger partial charge >= 0.3 is 6.03 Å². The number of barbiturate groups is 1. The Hall–Kier alpha value is -1.43. The van der Waals surface area contributed by atoms with Gasteiger partial charge in [0.2, 0.25) is 11.8 Å². The van der Waals surface area contributed by atoms with Gasteiger partial charge in [0.05, 0.1) is 6.10 Å². The predicted molar refractivity (Wildman–Crippen MR) is 58.0 cm³/mol. The van der Waals surface area contributed by atoms with Gasteiger partial charge in [-0.25, -0.2) is 4.79 Å². The van der Waals surface area contributed by atoms with Crippen LogP contribution in [0.15, 0.2) is 0 Å². The van der Waals surface area contributed by atoms with Crippen molar-refractivity contribution in [2.45, 2.75) is 38.8 Å².